The number of hydrogen-bond acceptors (Lipinski definition) is 5. The lowest BCUT2D eigenvalue weighted by Gasteiger charge is -2.19. The van der Waals surface area contributed by atoms with Crippen LogP contribution in [0.2, 0.25) is 30.7 Å². The Hall–Kier alpha value is -1.15. The first kappa shape index (κ1) is 16.2. The summed E-state index contributed by atoms with van der Waals surface area (Å²) < 4.78 is 5.65. The SMILES string of the molecule is C[Si](C)(C)CCOCN1Cc2c(ccc(Cl)c2[N+](=O)[O-])N1. The summed E-state index contributed by atoms with van der Waals surface area (Å²) in [6.07, 6.45) is 0. The van der Waals surface area contributed by atoms with Gasteiger partial charge in [0.05, 0.1) is 22.7 Å². The van der Waals surface area contributed by atoms with E-state index in [0.29, 0.717) is 25.4 Å². The zero-order valence-electron chi connectivity index (χ0n) is 12.5. The smallest absolute Gasteiger partial charge is 0.294 e. The maximum Gasteiger partial charge on any atom is 0.294 e. The molecule has 0 fully saturated rings. The van der Waals surface area contributed by atoms with Crippen LogP contribution in [0.3, 0.4) is 0 Å². The summed E-state index contributed by atoms with van der Waals surface area (Å²) in [4.78, 5) is 10.7. The average molecular weight is 330 g/mol. The molecule has 0 bridgehead atoms. The number of anilines is 1. The van der Waals surface area contributed by atoms with Crippen LogP contribution in [0.25, 0.3) is 0 Å². The molecule has 6 nitrogen and oxygen atoms in total. The monoisotopic (exact) mass is 329 g/mol. The van der Waals surface area contributed by atoms with Crippen LogP contribution in [-0.2, 0) is 11.3 Å². The van der Waals surface area contributed by atoms with Crippen LogP contribution in [0.4, 0.5) is 11.4 Å². The predicted molar refractivity (Wildman–Crippen MR) is 86.2 cm³/mol. The fourth-order valence-electron chi connectivity index (χ4n) is 2.10. The lowest BCUT2D eigenvalue weighted by Crippen LogP contribution is -2.28. The van der Waals surface area contributed by atoms with Gasteiger partial charge in [-0.25, -0.2) is 0 Å². The van der Waals surface area contributed by atoms with Crippen LogP contribution in [0, 0.1) is 10.1 Å². The molecule has 1 aliphatic heterocycles. The highest BCUT2D eigenvalue weighted by Gasteiger charge is 2.29. The highest BCUT2D eigenvalue weighted by atomic mass is 35.5. The van der Waals surface area contributed by atoms with Gasteiger partial charge in [-0.1, -0.05) is 31.2 Å². The maximum absolute atomic E-state index is 11.1. The first-order chi connectivity index (χ1) is 9.78. The summed E-state index contributed by atoms with van der Waals surface area (Å²) in [5, 5.41) is 13.1. The molecular weight excluding hydrogens is 310 g/mol. The van der Waals surface area contributed by atoms with Crippen LogP contribution in [0.1, 0.15) is 5.56 Å². The molecule has 0 saturated carbocycles. The number of fused-ring (bicyclic) bond motifs is 1. The Morgan fingerprint density at radius 1 is 1.48 bits per heavy atom. The van der Waals surface area contributed by atoms with Crippen LogP contribution >= 0.6 is 11.6 Å². The van der Waals surface area contributed by atoms with Crippen molar-refractivity contribution in [3.63, 3.8) is 0 Å². The molecule has 8 heteroatoms. The minimum absolute atomic E-state index is 0.0220. The van der Waals surface area contributed by atoms with E-state index in [9.17, 15) is 10.1 Å². The molecule has 0 aliphatic carbocycles. The van der Waals surface area contributed by atoms with Crippen molar-refractivity contribution >= 4 is 31.0 Å². The lowest BCUT2D eigenvalue weighted by atomic mass is 10.1. The zero-order valence-corrected chi connectivity index (χ0v) is 14.2. The van der Waals surface area contributed by atoms with Crippen LogP contribution < -0.4 is 5.43 Å². The van der Waals surface area contributed by atoms with Crippen molar-refractivity contribution in [2.24, 2.45) is 0 Å². The van der Waals surface area contributed by atoms with Crippen LogP contribution in [-0.4, -0.2) is 31.3 Å². The Balaban J connectivity index is 1.94. The molecular formula is C13H20ClN3O3Si. The Labute approximate surface area is 130 Å². The topological polar surface area (TPSA) is 67.6 Å². The molecule has 1 N–H and O–H groups in total. The molecule has 1 heterocycles. The minimum Gasteiger partial charge on any atom is -0.365 e. The van der Waals surface area contributed by atoms with Crippen molar-refractivity contribution in [3.05, 3.63) is 32.8 Å². The van der Waals surface area contributed by atoms with Crippen molar-refractivity contribution in [2.45, 2.75) is 32.2 Å². The molecule has 0 unspecified atom stereocenters. The third-order valence-corrected chi connectivity index (χ3v) is 5.30. The van der Waals surface area contributed by atoms with Gasteiger partial charge in [-0.3, -0.25) is 10.1 Å². The number of ether oxygens (including phenoxy) is 1. The number of hydrogen-bond donors (Lipinski definition) is 1. The van der Waals surface area contributed by atoms with Crippen molar-refractivity contribution in [2.75, 3.05) is 18.8 Å². The second kappa shape index (κ2) is 6.31. The first-order valence-corrected chi connectivity index (χ1v) is 10.9. The normalized spacial score (nSPS) is 14.9. The second-order valence-electron chi connectivity index (χ2n) is 6.34. The molecule has 0 saturated heterocycles. The standard InChI is InChI=1S/C13H20ClN3O3Si/c1-21(2,3)7-6-20-9-16-8-10-12(15-16)5-4-11(14)13(10)17(18)19/h4-5,15H,6-9H2,1-3H3. The van der Waals surface area contributed by atoms with E-state index in [1.807, 2.05) is 5.01 Å². The molecule has 1 aromatic carbocycles. The number of nitrogens with one attached hydrogen (secondary N) is 1. The fourth-order valence-corrected chi connectivity index (χ4v) is 3.10. The number of benzene rings is 1. The van der Waals surface area contributed by atoms with Gasteiger partial charge in [0.15, 0.2) is 0 Å². The van der Waals surface area contributed by atoms with Crippen LogP contribution in [0.5, 0.6) is 0 Å². The number of halogens is 1. The van der Waals surface area contributed by atoms with Crippen molar-refractivity contribution < 1.29 is 9.66 Å². The van der Waals surface area contributed by atoms with E-state index in [2.05, 4.69) is 25.1 Å². The van der Waals surface area contributed by atoms with E-state index in [1.165, 1.54) is 0 Å². The Morgan fingerprint density at radius 3 is 2.81 bits per heavy atom. The van der Waals surface area contributed by atoms with Gasteiger partial charge < -0.3 is 10.2 Å². The molecule has 21 heavy (non-hydrogen) atoms. The Bertz CT molecular complexity index is 548. The van der Waals surface area contributed by atoms with Gasteiger partial charge in [-0.2, -0.15) is 5.01 Å². The van der Waals surface area contributed by atoms with Gasteiger partial charge in [0.1, 0.15) is 11.8 Å². The van der Waals surface area contributed by atoms with Crippen LogP contribution in [0.15, 0.2) is 12.1 Å². The van der Waals surface area contributed by atoms with Gasteiger partial charge in [0.25, 0.3) is 5.69 Å². The largest absolute Gasteiger partial charge is 0.365 e. The van der Waals surface area contributed by atoms with E-state index in [-0.39, 0.29) is 10.7 Å². The Kier molecular flexibility index (Phi) is 4.87. The maximum atomic E-state index is 11.1. The van der Waals surface area contributed by atoms with E-state index in [4.69, 9.17) is 16.3 Å². The highest BCUT2D eigenvalue weighted by molar-refractivity contribution is 6.76. The highest BCUT2D eigenvalue weighted by Crippen LogP contribution is 2.38. The summed E-state index contributed by atoms with van der Waals surface area (Å²) in [5.41, 5.74) is 4.42. The fraction of sp³-hybridized carbons (Fsp3) is 0.538. The molecule has 116 valence electrons. The summed E-state index contributed by atoms with van der Waals surface area (Å²) in [6.45, 7) is 8.42. The molecule has 1 aliphatic rings. The lowest BCUT2D eigenvalue weighted by molar-refractivity contribution is -0.385. The van der Waals surface area contributed by atoms with Gasteiger partial charge >= 0.3 is 0 Å². The summed E-state index contributed by atoms with van der Waals surface area (Å²) >= 11 is 5.91. The van der Waals surface area contributed by atoms with Gasteiger partial charge in [-0.15, -0.1) is 0 Å². The van der Waals surface area contributed by atoms with Gasteiger partial charge in [0.2, 0.25) is 0 Å². The van der Waals surface area contributed by atoms with Gasteiger partial charge in [-0.05, 0) is 18.2 Å². The van der Waals surface area contributed by atoms with Crippen molar-refractivity contribution in [3.8, 4) is 0 Å². The number of nitro benzene ring substituents is 1. The predicted octanol–water partition coefficient (Wildman–Crippen LogP) is 3.70. The number of rotatable bonds is 6. The molecule has 0 amide bonds. The number of nitrogens with zero attached hydrogens (tertiary/aromatic N) is 2. The quantitative estimate of drug-likeness (QED) is 0.373. The third-order valence-electron chi connectivity index (χ3n) is 3.29. The molecule has 1 aromatic rings. The van der Waals surface area contributed by atoms with E-state index >= 15 is 0 Å². The zero-order chi connectivity index (χ0) is 15.6. The van der Waals surface area contributed by atoms with E-state index < -0.39 is 13.0 Å². The Morgan fingerprint density at radius 2 is 2.19 bits per heavy atom. The first-order valence-electron chi connectivity index (χ1n) is 6.83. The molecule has 2 rings (SSSR count). The summed E-state index contributed by atoms with van der Waals surface area (Å²) in [6, 6.07) is 4.40. The molecule has 0 atom stereocenters. The second-order valence-corrected chi connectivity index (χ2v) is 12.4. The average Bonchev–Trinajstić information content (AvgIpc) is 2.75. The minimum atomic E-state index is -1.10. The van der Waals surface area contributed by atoms with E-state index in [1.54, 1.807) is 12.1 Å². The molecule has 0 spiro atoms. The summed E-state index contributed by atoms with van der Waals surface area (Å²) in [5.74, 6) is 0. The number of hydrazine groups is 1. The summed E-state index contributed by atoms with van der Waals surface area (Å²) in [7, 11) is -1.10. The van der Waals surface area contributed by atoms with E-state index in [0.717, 1.165) is 11.7 Å². The number of nitro groups is 1. The molecule has 0 radical (unpaired) electrons. The van der Waals surface area contributed by atoms with Crippen molar-refractivity contribution in [1.82, 2.24) is 5.01 Å². The van der Waals surface area contributed by atoms with Crippen molar-refractivity contribution in [1.29, 1.82) is 0 Å². The van der Waals surface area contributed by atoms with Gasteiger partial charge in [0, 0.05) is 14.7 Å². The third kappa shape index (κ3) is 4.16. The molecule has 0 aromatic heterocycles.